The Hall–Kier alpha value is -1.15. The first kappa shape index (κ1) is 10.9. The van der Waals surface area contributed by atoms with Gasteiger partial charge in [0, 0.05) is 20.9 Å². The van der Waals surface area contributed by atoms with Crippen molar-refractivity contribution >= 4 is 18.7 Å². The predicted molar refractivity (Wildman–Crippen MR) is 42.9 cm³/mol. The highest BCUT2D eigenvalue weighted by Crippen LogP contribution is 2.27. The second-order valence-electron chi connectivity index (χ2n) is 1.86. The number of hydrogen-bond acceptors (Lipinski definition) is 7. The minimum atomic E-state index is -4.80. The van der Waals surface area contributed by atoms with Gasteiger partial charge in [-0.05, 0) is 0 Å². The third-order valence-electron chi connectivity index (χ3n) is 0.863. The summed E-state index contributed by atoms with van der Waals surface area (Å²) in [6.07, 6.45) is 3.68. The highest BCUT2D eigenvalue weighted by Gasteiger charge is 2.31. The Balaban J connectivity index is 2.59. The van der Waals surface area contributed by atoms with Gasteiger partial charge in [-0.1, -0.05) is 0 Å². The van der Waals surface area contributed by atoms with Crippen molar-refractivity contribution in [1.82, 2.24) is 9.97 Å². The van der Waals surface area contributed by atoms with Gasteiger partial charge in [-0.15, -0.1) is 0 Å². The van der Waals surface area contributed by atoms with E-state index in [1.165, 1.54) is 12.4 Å². The standard InChI is InChI=1S/C4H3N2O6PS/c7-13(12-14(8,9)10)11-4-3-5-1-2-6-4/h1-3H/p+1. The monoisotopic (exact) mass is 239 g/mol. The highest BCUT2D eigenvalue weighted by atomic mass is 32.3. The Kier molecular flexibility index (Phi) is 3.42. The SMILES string of the molecule is O=[P+](Oc1cnccn1)OS(=O)(=O)O. The molecule has 0 aromatic carbocycles. The van der Waals surface area contributed by atoms with Crippen LogP contribution in [-0.2, 0) is 18.9 Å². The summed E-state index contributed by atoms with van der Waals surface area (Å²) in [5, 5.41) is 0. The maximum atomic E-state index is 10.7. The molecule has 0 amide bonds. The number of aromatic nitrogens is 2. The van der Waals surface area contributed by atoms with Crippen LogP contribution in [0.1, 0.15) is 0 Å². The van der Waals surface area contributed by atoms with Crippen LogP contribution in [0.3, 0.4) is 0 Å². The van der Waals surface area contributed by atoms with Crippen LogP contribution in [0.5, 0.6) is 5.88 Å². The van der Waals surface area contributed by atoms with Crippen LogP contribution in [0.2, 0.25) is 0 Å². The summed E-state index contributed by atoms with van der Waals surface area (Å²) >= 11 is 0. The average molecular weight is 239 g/mol. The van der Waals surface area contributed by atoms with Crippen molar-refractivity contribution in [2.75, 3.05) is 0 Å². The predicted octanol–water partition coefficient (Wildman–Crippen LogP) is 0.332. The molecule has 1 aromatic heterocycles. The van der Waals surface area contributed by atoms with Crippen LogP contribution in [-0.4, -0.2) is 22.9 Å². The van der Waals surface area contributed by atoms with Gasteiger partial charge in [-0.3, -0.25) is 9.54 Å². The molecule has 0 fully saturated rings. The van der Waals surface area contributed by atoms with Crippen LogP contribution < -0.4 is 4.52 Å². The molecular weight excluding hydrogens is 235 g/mol. The van der Waals surface area contributed by atoms with Crippen LogP contribution in [0.4, 0.5) is 0 Å². The maximum absolute atomic E-state index is 10.7. The van der Waals surface area contributed by atoms with Crippen molar-refractivity contribution in [3.63, 3.8) is 0 Å². The van der Waals surface area contributed by atoms with E-state index < -0.39 is 18.7 Å². The molecule has 8 nitrogen and oxygen atoms in total. The summed E-state index contributed by atoms with van der Waals surface area (Å²) in [5.41, 5.74) is 0. The molecule has 1 atom stereocenters. The summed E-state index contributed by atoms with van der Waals surface area (Å²) in [5.74, 6) is -0.183. The molecule has 0 aliphatic carbocycles. The van der Waals surface area contributed by atoms with Crippen molar-refractivity contribution in [3.05, 3.63) is 18.6 Å². The molecule has 1 rings (SSSR count). The molecule has 1 N–H and O–H groups in total. The van der Waals surface area contributed by atoms with Gasteiger partial charge in [0.2, 0.25) is 0 Å². The number of hydrogen-bond donors (Lipinski definition) is 1. The molecule has 0 aliphatic heterocycles. The molecule has 10 heteroatoms. The normalized spacial score (nSPS) is 12.2. The fraction of sp³-hybridized carbons (Fsp3) is 0. The van der Waals surface area contributed by atoms with E-state index in [0.29, 0.717) is 0 Å². The first-order valence-electron chi connectivity index (χ1n) is 3.05. The second kappa shape index (κ2) is 4.38. The van der Waals surface area contributed by atoms with E-state index in [0.717, 1.165) is 6.20 Å². The van der Waals surface area contributed by atoms with E-state index in [9.17, 15) is 13.0 Å². The lowest BCUT2D eigenvalue weighted by Gasteiger charge is -1.87. The summed E-state index contributed by atoms with van der Waals surface area (Å²) in [6, 6.07) is 0. The van der Waals surface area contributed by atoms with Crippen molar-refractivity contribution in [2.45, 2.75) is 0 Å². The van der Waals surface area contributed by atoms with Gasteiger partial charge in [0.1, 0.15) is 0 Å². The Morgan fingerprint density at radius 3 is 2.64 bits per heavy atom. The molecule has 0 spiro atoms. The minimum absolute atomic E-state index is 0.183. The average Bonchev–Trinajstić information content (AvgIpc) is 2.02. The van der Waals surface area contributed by atoms with Crippen molar-refractivity contribution in [2.24, 2.45) is 0 Å². The molecule has 14 heavy (non-hydrogen) atoms. The second-order valence-corrected chi connectivity index (χ2v) is 3.94. The Labute approximate surface area is 79.8 Å². The van der Waals surface area contributed by atoms with Gasteiger partial charge in [-0.2, -0.15) is 8.42 Å². The quantitative estimate of drug-likeness (QED) is 0.590. The number of rotatable bonds is 4. The lowest BCUT2D eigenvalue weighted by molar-refractivity contribution is 0.356. The summed E-state index contributed by atoms with van der Waals surface area (Å²) in [7, 11) is -7.84. The lowest BCUT2D eigenvalue weighted by atomic mass is 10.7. The first-order chi connectivity index (χ1) is 6.47. The van der Waals surface area contributed by atoms with Crippen LogP contribution >= 0.6 is 8.25 Å². The molecule has 0 saturated carbocycles. The third-order valence-corrected chi connectivity index (χ3v) is 2.44. The summed E-state index contributed by atoms with van der Waals surface area (Å²) in [4.78, 5) is 7.07. The van der Waals surface area contributed by atoms with Gasteiger partial charge < -0.3 is 0 Å². The van der Waals surface area contributed by atoms with E-state index in [4.69, 9.17) is 4.55 Å². The molecule has 0 saturated heterocycles. The van der Waals surface area contributed by atoms with E-state index >= 15 is 0 Å². The molecule has 1 unspecified atom stereocenters. The smallest absolute Gasteiger partial charge is 0.261 e. The zero-order chi connectivity index (χ0) is 10.6. The zero-order valence-electron chi connectivity index (χ0n) is 6.47. The van der Waals surface area contributed by atoms with Crippen LogP contribution in [0, 0.1) is 0 Å². The summed E-state index contributed by atoms with van der Waals surface area (Å²) < 4.78 is 46.9. The van der Waals surface area contributed by atoms with Gasteiger partial charge in [0.05, 0.1) is 6.20 Å². The van der Waals surface area contributed by atoms with Crippen molar-refractivity contribution in [3.8, 4) is 5.88 Å². The Bertz CT molecular complexity index is 419. The van der Waals surface area contributed by atoms with E-state index in [2.05, 4.69) is 18.5 Å². The van der Waals surface area contributed by atoms with E-state index in [-0.39, 0.29) is 5.88 Å². The van der Waals surface area contributed by atoms with Gasteiger partial charge in [0.15, 0.2) is 0 Å². The van der Waals surface area contributed by atoms with E-state index in [1.54, 1.807) is 0 Å². The topological polar surface area (TPSA) is 116 Å². The first-order valence-corrected chi connectivity index (χ1v) is 5.52. The minimum Gasteiger partial charge on any atom is -0.261 e. The maximum Gasteiger partial charge on any atom is 0.771 e. The largest absolute Gasteiger partial charge is 0.771 e. The molecule has 76 valence electrons. The van der Waals surface area contributed by atoms with Gasteiger partial charge in [-0.25, -0.2) is 9.51 Å². The Morgan fingerprint density at radius 2 is 2.14 bits per heavy atom. The highest BCUT2D eigenvalue weighted by molar-refractivity contribution is 7.84. The van der Waals surface area contributed by atoms with E-state index in [1.807, 2.05) is 0 Å². The molecule has 1 aromatic rings. The molecule has 1 heterocycles. The fourth-order valence-electron chi connectivity index (χ4n) is 0.501. The van der Waals surface area contributed by atoms with Crippen molar-refractivity contribution < 1.29 is 26.0 Å². The van der Waals surface area contributed by atoms with Gasteiger partial charge in [0.25, 0.3) is 5.88 Å². The molecule has 0 bridgehead atoms. The number of nitrogens with zero attached hydrogens (tertiary/aromatic N) is 2. The third kappa shape index (κ3) is 4.19. The molecule has 0 radical (unpaired) electrons. The molecule has 0 aliphatic rings. The zero-order valence-corrected chi connectivity index (χ0v) is 8.18. The van der Waals surface area contributed by atoms with Crippen LogP contribution in [0.25, 0.3) is 0 Å². The van der Waals surface area contributed by atoms with Crippen molar-refractivity contribution in [1.29, 1.82) is 0 Å². The molecular formula is C4H4N2O6PS+. The summed E-state index contributed by atoms with van der Waals surface area (Å²) in [6.45, 7) is 0. The lowest BCUT2D eigenvalue weighted by Crippen LogP contribution is -1.99. The fourth-order valence-corrected chi connectivity index (χ4v) is 1.49. The van der Waals surface area contributed by atoms with Gasteiger partial charge >= 0.3 is 18.7 Å². The Morgan fingerprint density at radius 1 is 1.43 bits per heavy atom. The van der Waals surface area contributed by atoms with Crippen LogP contribution in [0.15, 0.2) is 18.6 Å².